The first-order valence-electron chi connectivity index (χ1n) is 12.8. The average molecular weight is 514 g/mol. The predicted molar refractivity (Wildman–Crippen MR) is 145 cm³/mol. The standard InChI is InChI=1S/C28H31N7O3/c1-28(2)18-33(3)17-19-15-20(9-10-22(19)28)30-27-29-16-21-25(32-27)35-23-7-6-8-24(31-23)38-14-13-37-12-5-4-11-34(35)26(21)36/h4-10,15-16H,11-14,17-18H2,1-3H3,(H,29,30,32)/b5-4+. The number of nitrogens with one attached hydrogen (secondary N) is 1. The van der Waals surface area contributed by atoms with Gasteiger partial charge < -0.3 is 19.7 Å². The number of nitrogens with zero attached hydrogens (tertiary/aromatic N) is 6. The number of anilines is 2. The normalized spacial score (nSPS) is 18.3. The molecular formula is C28H31N7O3. The number of rotatable bonds is 2. The number of ether oxygens (including phenoxy) is 2. The summed E-state index contributed by atoms with van der Waals surface area (Å²) in [7, 11) is 2.15. The summed E-state index contributed by atoms with van der Waals surface area (Å²) in [6.45, 7) is 8.06. The van der Waals surface area contributed by atoms with Gasteiger partial charge in [0.1, 0.15) is 12.0 Å². The Hall–Kier alpha value is -4.02. The minimum absolute atomic E-state index is 0.0839. The van der Waals surface area contributed by atoms with Crippen LogP contribution in [-0.2, 0) is 23.2 Å². The topological polar surface area (TPSA) is 99.3 Å². The van der Waals surface area contributed by atoms with Gasteiger partial charge in [0, 0.05) is 36.5 Å². The molecule has 3 aromatic heterocycles. The quantitative estimate of drug-likeness (QED) is 0.407. The molecule has 0 aliphatic carbocycles. The van der Waals surface area contributed by atoms with Gasteiger partial charge in [0.25, 0.3) is 5.56 Å². The van der Waals surface area contributed by atoms with Crippen molar-refractivity contribution in [2.24, 2.45) is 0 Å². The molecule has 4 aromatic rings. The van der Waals surface area contributed by atoms with E-state index in [4.69, 9.17) is 14.5 Å². The van der Waals surface area contributed by atoms with Gasteiger partial charge in [-0.2, -0.15) is 9.97 Å². The maximum Gasteiger partial charge on any atom is 0.278 e. The summed E-state index contributed by atoms with van der Waals surface area (Å²) < 4.78 is 14.6. The van der Waals surface area contributed by atoms with Crippen molar-refractivity contribution in [1.29, 1.82) is 0 Å². The van der Waals surface area contributed by atoms with E-state index in [0.29, 0.717) is 55.0 Å². The molecule has 0 atom stereocenters. The number of hydrogen-bond acceptors (Lipinski definition) is 8. The fourth-order valence-electron chi connectivity index (χ4n) is 5.39. The monoisotopic (exact) mass is 513 g/mol. The maximum atomic E-state index is 13.4. The Bertz CT molecular complexity index is 1590. The third-order valence-corrected chi connectivity index (χ3v) is 6.93. The highest BCUT2D eigenvalue weighted by Gasteiger charge is 2.30. The van der Waals surface area contributed by atoms with Crippen molar-refractivity contribution >= 4 is 22.7 Å². The Morgan fingerprint density at radius 2 is 1.97 bits per heavy atom. The van der Waals surface area contributed by atoms with Crippen molar-refractivity contribution in [3.05, 3.63) is 76.2 Å². The second-order valence-corrected chi connectivity index (χ2v) is 10.4. The smallest absolute Gasteiger partial charge is 0.278 e. The first-order valence-corrected chi connectivity index (χ1v) is 12.8. The molecule has 0 fully saturated rings. The Labute approximate surface area is 220 Å². The lowest BCUT2D eigenvalue weighted by molar-refractivity contribution is 0.119. The lowest BCUT2D eigenvalue weighted by Crippen LogP contribution is -2.39. The molecule has 0 saturated heterocycles. The van der Waals surface area contributed by atoms with E-state index in [1.165, 1.54) is 11.1 Å². The largest absolute Gasteiger partial charge is 0.475 e. The molecule has 1 aromatic carbocycles. The zero-order valence-electron chi connectivity index (χ0n) is 21.8. The number of hydrogen-bond donors (Lipinski definition) is 1. The Morgan fingerprint density at radius 1 is 1.08 bits per heavy atom. The molecule has 0 unspecified atom stereocenters. The second-order valence-electron chi connectivity index (χ2n) is 10.4. The molecule has 6 rings (SSSR count). The lowest BCUT2D eigenvalue weighted by atomic mass is 9.78. The second kappa shape index (κ2) is 9.70. The minimum atomic E-state index is -0.195. The van der Waals surface area contributed by atoms with Crippen molar-refractivity contribution in [1.82, 2.24) is 29.2 Å². The molecule has 1 N–H and O–H groups in total. The molecule has 2 aliphatic rings. The highest BCUT2D eigenvalue weighted by atomic mass is 16.5. The van der Waals surface area contributed by atoms with Crippen LogP contribution >= 0.6 is 0 Å². The van der Waals surface area contributed by atoms with E-state index in [0.717, 1.165) is 18.8 Å². The number of allylic oxidation sites excluding steroid dienone is 1. The van der Waals surface area contributed by atoms with Crippen LogP contribution in [0.15, 0.2) is 59.5 Å². The summed E-state index contributed by atoms with van der Waals surface area (Å²) in [6.07, 6.45) is 5.37. The zero-order chi connectivity index (χ0) is 26.3. The Balaban J connectivity index is 1.42. The average Bonchev–Trinajstić information content (AvgIpc) is 3.15. The molecule has 10 heteroatoms. The SMILES string of the molecule is CN1Cc2cc(Nc3ncc4c(=O)n5n(c4n3)-c3cccc(n3)OCCOC/C=C/C5)ccc2C(C)(C)C1. The van der Waals surface area contributed by atoms with Crippen molar-refractivity contribution in [3.8, 4) is 11.7 Å². The van der Waals surface area contributed by atoms with E-state index >= 15 is 0 Å². The summed E-state index contributed by atoms with van der Waals surface area (Å²) in [5, 5.41) is 3.76. The van der Waals surface area contributed by atoms with Crippen LogP contribution in [-0.4, -0.2) is 62.6 Å². The molecule has 0 amide bonds. The van der Waals surface area contributed by atoms with Crippen LogP contribution in [0.3, 0.4) is 0 Å². The maximum absolute atomic E-state index is 13.4. The molecule has 196 valence electrons. The first-order chi connectivity index (χ1) is 18.4. The van der Waals surface area contributed by atoms with Crippen LogP contribution in [0, 0.1) is 0 Å². The number of aromatic nitrogens is 5. The molecule has 5 heterocycles. The molecule has 38 heavy (non-hydrogen) atoms. The van der Waals surface area contributed by atoms with Crippen molar-refractivity contribution in [2.45, 2.75) is 32.4 Å². The summed E-state index contributed by atoms with van der Waals surface area (Å²) in [5.41, 5.74) is 3.90. The Morgan fingerprint density at radius 3 is 2.87 bits per heavy atom. The minimum Gasteiger partial charge on any atom is -0.475 e. The molecule has 0 spiro atoms. The summed E-state index contributed by atoms with van der Waals surface area (Å²) >= 11 is 0. The lowest BCUT2D eigenvalue weighted by Gasteiger charge is -2.38. The van der Waals surface area contributed by atoms with Gasteiger partial charge in [0.05, 0.1) is 19.8 Å². The van der Waals surface area contributed by atoms with Crippen LogP contribution in [0.1, 0.15) is 25.0 Å². The summed E-state index contributed by atoms with van der Waals surface area (Å²) in [4.78, 5) is 29.6. The van der Waals surface area contributed by atoms with Gasteiger partial charge in [-0.3, -0.25) is 4.79 Å². The molecule has 0 saturated carbocycles. The third-order valence-electron chi connectivity index (χ3n) is 6.93. The fraction of sp³-hybridized carbons (Fsp3) is 0.357. The predicted octanol–water partition coefficient (Wildman–Crippen LogP) is 3.41. The third kappa shape index (κ3) is 4.57. The summed E-state index contributed by atoms with van der Waals surface area (Å²) in [5.74, 6) is 1.39. The highest BCUT2D eigenvalue weighted by Crippen LogP contribution is 2.34. The van der Waals surface area contributed by atoms with Gasteiger partial charge in [0.15, 0.2) is 11.5 Å². The molecule has 2 aliphatic heterocycles. The van der Waals surface area contributed by atoms with Crippen LogP contribution in [0.5, 0.6) is 5.88 Å². The first kappa shape index (κ1) is 24.3. The van der Waals surface area contributed by atoms with Gasteiger partial charge in [-0.05, 0) is 36.4 Å². The van der Waals surface area contributed by atoms with Crippen LogP contribution < -0.4 is 15.6 Å². The van der Waals surface area contributed by atoms with Crippen LogP contribution in [0.2, 0.25) is 0 Å². The van der Waals surface area contributed by atoms with Crippen molar-refractivity contribution < 1.29 is 9.47 Å². The Kier molecular flexibility index (Phi) is 6.21. The van der Waals surface area contributed by atoms with E-state index < -0.39 is 0 Å². The van der Waals surface area contributed by atoms with E-state index in [9.17, 15) is 4.79 Å². The van der Waals surface area contributed by atoms with E-state index in [1.807, 2.05) is 24.3 Å². The van der Waals surface area contributed by atoms with Gasteiger partial charge in [0.2, 0.25) is 11.8 Å². The number of likely N-dealkylation sites (N-methyl/N-ethyl adjacent to an activating group) is 1. The highest BCUT2D eigenvalue weighted by molar-refractivity contribution is 5.77. The zero-order valence-corrected chi connectivity index (χ0v) is 21.8. The van der Waals surface area contributed by atoms with Crippen LogP contribution in [0.4, 0.5) is 11.6 Å². The van der Waals surface area contributed by atoms with Gasteiger partial charge in [-0.25, -0.2) is 14.3 Å². The molecule has 10 nitrogen and oxygen atoms in total. The van der Waals surface area contributed by atoms with E-state index in [-0.39, 0.29) is 11.0 Å². The number of benzene rings is 1. The van der Waals surface area contributed by atoms with E-state index in [2.05, 4.69) is 59.3 Å². The van der Waals surface area contributed by atoms with Gasteiger partial charge in [-0.15, -0.1) is 0 Å². The van der Waals surface area contributed by atoms with Crippen molar-refractivity contribution in [3.63, 3.8) is 0 Å². The molecule has 2 bridgehead atoms. The van der Waals surface area contributed by atoms with Gasteiger partial charge in [-0.1, -0.05) is 38.1 Å². The van der Waals surface area contributed by atoms with E-state index in [1.54, 1.807) is 21.6 Å². The number of fused-ring (bicyclic) bond motifs is 7. The molecule has 0 radical (unpaired) electrons. The summed E-state index contributed by atoms with van der Waals surface area (Å²) in [6, 6.07) is 11.9. The van der Waals surface area contributed by atoms with Crippen molar-refractivity contribution in [2.75, 3.05) is 38.7 Å². The fourth-order valence-corrected chi connectivity index (χ4v) is 5.39. The van der Waals surface area contributed by atoms with Gasteiger partial charge >= 0.3 is 0 Å². The van der Waals surface area contributed by atoms with Crippen LogP contribution in [0.25, 0.3) is 16.9 Å². The number of pyridine rings is 1. The molecular weight excluding hydrogens is 482 g/mol.